The van der Waals surface area contributed by atoms with Crippen LogP contribution in [0, 0.1) is 11.8 Å². The summed E-state index contributed by atoms with van der Waals surface area (Å²) in [5.41, 5.74) is 1.03. The zero-order chi connectivity index (χ0) is 14.8. The van der Waals surface area contributed by atoms with Crippen molar-refractivity contribution in [3.8, 4) is 5.75 Å². The van der Waals surface area contributed by atoms with E-state index in [2.05, 4.69) is 31.3 Å². The van der Waals surface area contributed by atoms with E-state index in [0.717, 1.165) is 29.3 Å². The van der Waals surface area contributed by atoms with Gasteiger partial charge in [-0.15, -0.1) is 0 Å². The van der Waals surface area contributed by atoms with E-state index in [1.54, 1.807) is 0 Å². The van der Waals surface area contributed by atoms with E-state index in [1.165, 1.54) is 24.6 Å². The van der Waals surface area contributed by atoms with Crippen molar-refractivity contribution in [3.63, 3.8) is 0 Å². The molecule has 2 aromatic carbocycles. The minimum Gasteiger partial charge on any atom is -0.508 e. The van der Waals surface area contributed by atoms with E-state index in [0.29, 0.717) is 11.8 Å². The third kappa shape index (κ3) is 2.77. The zero-order valence-corrected chi connectivity index (χ0v) is 13.0. The molecule has 0 bridgehead atoms. The molecule has 2 N–H and O–H groups in total. The quantitative estimate of drug-likeness (QED) is 0.868. The van der Waals surface area contributed by atoms with Gasteiger partial charge < -0.3 is 10.4 Å². The van der Waals surface area contributed by atoms with Gasteiger partial charge in [-0.2, -0.15) is 0 Å². The standard InChI is InChI=1S/C19H25NO/c1-3-14-8-10-18(13(14)2)20-12-17-16-7-5-4-6-15(16)9-11-19(17)21/h4-7,9,11,13-14,18,20-21H,3,8,10,12H2,1-2H3. The van der Waals surface area contributed by atoms with Gasteiger partial charge in [0.2, 0.25) is 0 Å². The number of phenols is 1. The summed E-state index contributed by atoms with van der Waals surface area (Å²) in [4.78, 5) is 0. The van der Waals surface area contributed by atoms with Gasteiger partial charge >= 0.3 is 0 Å². The van der Waals surface area contributed by atoms with Crippen molar-refractivity contribution in [3.05, 3.63) is 42.0 Å². The molecule has 0 aliphatic heterocycles. The summed E-state index contributed by atoms with van der Waals surface area (Å²) in [5, 5.41) is 16.2. The SMILES string of the molecule is CCC1CCC(NCc2c(O)ccc3ccccc23)C1C. The number of nitrogens with one attached hydrogen (secondary N) is 1. The van der Waals surface area contributed by atoms with Gasteiger partial charge in [0.1, 0.15) is 5.75 Å². The zero-order valence-electron chi connectivity index (χ0n) is 13.0. The Morgan fingerprint density at radius 3 is 2.71 bits per heavy atom. The maximum Gasteiger partial charge on any atom is 0.120 e. The predicted octanol–water partition coefficient (Wildman–Crippen LogP) is 4.46. The molecule has 0 spiro atoms. The normalized spacial score (nSPS) is 25.5. The van der Waals surface area contributed by atoms with Crippen LogP contribution in [0.4, 0.5) is 0 Å². The third-order valence-electron chi connectivity index (χ3n) is 5.31. The van der Waals surface area contributed by atoms with Crippen LogP contribution in [-0.2, 0) is 6.54 Å². The highest BCUT2D eigenvalue weighted by atomic mass is 16.3. The van der Waals surface area contributed by atoms with Crippen molar-refractivity contribution in [2.45, 2.75) is 45.7 Å². The van der Waals surface area contributed by atoms with Crippen molar-refractivity contribution in [2.24, 2.45) is 11.8 Å². The van der Waals surface area contributed by atoms with E-state index in [1.807, 2.05) is 24.3 Å². The fourth-order valence-electron chi connectivity index (χ4n) is 3.86. The minimum absolute atomic E-state index is 0.402. The van der Waals surface area contributed by atoms with Crippen LogP contribution in [0.5, 0.6) is 5.75 Å². The maximum atomic E-state index is 10.2. The first-order valence-electron chi connectivity index (χ1n) is 8.13. The second-order valence-electron chi connectivity index (χ2n) is 6.38. The van der Waals surface area contributed by atoms with Gasteiger partial charge in [0.15, 0.2) is 0 Å². The second kappa shape index (κ2) is 6.07. The highest BCUT2D eigenvalue weighted by Crippen LogP contribution is 2.34. The molecule has 3 unspecified atom stereocenters. The molecule has 1 aliphatic carbocycles. The Morgan fingerprint density at radius 1 is 1.14 bits per heavy atom. The Balaban J connectivity index is 1.78. The first-order chi connectivity index (χ1) is 10.2. The fraction of sp³-hybridized carbons (Fsp3) is 0.474. The number of benzene rings is 2. The summed E-state index contributed by atoms with van der Waals surface area (Å²) in [6.45, 7) is 5.40. The van der Waals surface area contributed by atoms with Gasteiger partial charge in [0, 0.05) is 18.2 Å². The Bertz CT molecular complexity index is 622. The summed E-state index contributed by atoms with van der Waals surface area (Å²) >= 11 is 0. The van der Waals surface area contributed by atoms with Gasteiger partial charge in [-0.05, 0) is 41.5 Å². The van der Waals surface area contributed by atoms with Gasteiger partial charge in [-0.1, -0.05) is 50.6 Å². The van der Waals surface area contributed by atoms with Gasteiger partial charge in [0.25, 0.3) is 0 Å². The van der Waals surface area contributed by atoms with Crippen molar-refractivity contribution < 1.29 is 5.11 Å². The number of aromatic hydroxyl groups is 1. The molecule has 2 heteroatoms. The highest BCUT2D eigenvalue weighted by molar-refractivity contribution is 5.87. The van der Waals surface area contributed by atoms with Gasteiger partial charge in [0.05, 0.1) is 0 Å². The smallest absolute Gasteiger partial charge is 0.120 e. The van der Waals surface area contributed by atoms with Crippen LogP contribution in [-0.4, -0.2) is 11.1 Å². The maximum absolute atomic E-state index is 10.2. The molecule has 2 nitrogen and oxygen atoms in total. The molecule has 21 heavy (non-hydrogen) atoms. The van der Waals surface area contributed by atoms with Crippen molar-refractivity contribution in [1.82, 2.24) is 5.32 Å². The number of hydrogen-bond donors (Lipinski definition) is 2. The van der Waals surface area contributed by atoms with Crippen molar-refractivity contribution in [1.29, 1.82) is 0 Å². The molecule has 3 rings (SSSR count). The number of fused-ring (bicyclic) bond motifs is 1. The Labute approximate surface area is 127 Å². The van der Waals surface area contributed by atoms with E-state index in [9.17, 15) is 5.11 Å². The van der Waals surface area contributed by atoms with Crippen LogP contribution in [0.15, 0.2) is 36.4 Å². The van der Waals surface area contributed by atoms with Crippen LogP contribution >= 0.6 is 0 Å². The lowest BCUT2D eigenvalue weighted by atomic mass is 9.93. The molecule has 1 saturated carbocycles. The molecule has 0 aromatic heterocycles. The lowest BCUT2D eigenvalue weighted by Gasteiger charge is -2.21. The number of phenolic OH excluding ortho intramolecular Hbond substituents is 1. The Kier molecular flexibility index (Phi) is 4.16. The van der Waals surface area contributed by atoms with Crippen molar-refractivity contribution in [2.75, 3.05) is 0 Å². The molecule has 1 aliphatic rings. The van der Waals surface area contributed by atoms with E-state index >= 15 is 0 Å². The van der Waals surface area contributed by atoms with Crippen molar-refractivity contribution >= 4 is 10.8 Å². The highest BCUT2D eigenvalue weighted by Gasteiger charge is 2.31. The Hall–Kier alpha value is -1.54. The third-order valence-corrected chi connectivity index (χ3v) is 5.31. The van der Waals surface area contributed by atoms with Crippen LogP contribution in [0.25, 0.3) is 10.8 Å². The first-order valence-corrected chi connectivity index (χ1v) is 8.13. The largest absolute Gasteiger partial charge is 0.508 e. The average molecular weight is 283 g/mol. The van der Waals surface area contributed by atoms with E-state index < -0.39 is 0 Å². The molecule has 2 aromatic rings. The van der Waals surface area contributed by atoms with Crippen LogP contribution < -0.4 is 5.32 Å². The minimum atomic E-state index is 0.402. The average Bonchev–Trinajstić information content (AvgIpc) is 2.86. The molecular weight excluding hydrogens is 258 g/mol. The number of rotatable bonds is 4. The van der Waals surface area contributed by atoms with Crippen LogP contribution in [0.1, 0.15) is 38.7 Å². The van der Waals surface area contributed by atoms with Crippen LogP contribution in [0.3, 0.4) is 0 Å². The lowest BCUT2D eigenvalue weighted by Crippen LogP contribution is -2.32. The molecule has 0 saturated heterocycles. The molecule has 0 amide bonds. The second-order valence-corrected chi connectivity index (χ2v) is 6.38. The molecule has 0 heterocycles. The van der Waals surface area contributed by atoms with Gasteiger partial charge in [-0.25, -0.2) is 0 Å². The summed E-state index contributed by atoms with van der Waals surface area (Å²) < 4.78 is 0. The molecule has 0 radical (unpaired) electrons. The summed E-state index contributed by atoms with van der Waals surface area (Å²) in [7, 11) is 0. The molecule has 3 atom stereocenters. The monoisotopic (exact) mass is 283 g/mol. The summed E-state index contributed by atoms with van der Waals surface area (Å²) in [5.74, 6) is 1.98. The summed E-state index contributed by atoms with van der Waals surface area (Å²) in [6.07, 6.45) is 3.86. The fourth-order valence-corrected chi connectivity index (χ4v) is 3.86. The Morgan fingerprint density at radius 2 is 1.95 bits per heavy atom. The van der Waals surface area contributed by atoms with Gasteiger partial charge in [-0.3, -0.25) is 0 Å². The topological polar surface area (TPSA) is 32.3 Å². The predicted molar refractivity (Wildman–Crippen MR) is 88.4 cm³/mol. The number of hydrogen-bond acceptors (Lipinski definition) is 2. The molecular formula is C19H25NO. The van der Waals surface area contributed by atoms with E-state index in [-0.39, 0.29) is 0 Å². The molecule has 112 valence electrons. The van der Waals surface area contributed by atoms with Crippen LogP contribution in [0.2, 0.25) is 0 Å². The summed E-state index contributed by atoms with van der Waals surface area (Å²) in [6, 6.07) is 12.7. The lowest BCUT2D eigenvalue weighted by molar-refractivity contribution is 0.343. The van der Waals surface area contributed by atoms with E-state index in [4.69, 9.17) is 0 Å². The first kappa shape index (κ1) is 14.4. The molecule has 1 fully saturated rings.